The summed E-state index contributed by atoms with van der Waals surface area (Å²) >= 11 is 0. The van der Waals surface area contributed by atoms with Crippen LogP contribution in [-0.4, -0.2) is 76.8 Å². The minimum absolute atomic E-state index is 0. The van der Waals surface area contributed by atoms with E-state index in [9.17, 15) is 4.79 Å². The van der Waals surface area contributed by atoms with E-state index in [1.54, 1.807) is 14.2 Å². The Morgan fingerprint density at radius 2 is 2.03 bits per heavy atom. The fraction of sp³-hybridized carbons (Fsp3) is 0.636. The molecule has 0 atom stereocenters. The van der Waals surface area contributed by atoms with Gasteiger partial charge >= 0.3 is 0 Å². The maximum atomic E-state index is 11.8. The Labute approximate surface area is 198 Å². The second-order valence-electron chi connectivity index (χ2n) is 7.45. The second kappa shape index (κ2) is 15.4. The van der Waals surface area contributed by atoms with Crippen LogP contribution in [0.1, 0.15) is 35.7 Å². The number of likely N-dealkylation sites (tertiary alicyclic amines) is 1. The molecule has 2 rings (SSSR count). The van der Waals surface area contributed by atoms with E-state index in [-0.39, 0.29) is 29.9 Å². The van der Waals surface area contributed by atoms with Gasteiger partial charge < -0.3 is 25.6 Å². The van der Waals surface area contributed by atoms with E-state index in [0.717, 1.165) is 63.8 Å². The summed E-state index contributed by atoms with van der Waals surface area (Å²) in [5, 5.41) is 9.42. The smallest absolute Gasteiger partial charge is 0.251 e. The molecular weight excluding hydrogens is 493 g/mol. The number of nitrogens with one attached hydrogen (secondary N) is 3. The van der Waals surface area contributed by atoms with Crippen LogP contribution in [0, 0.1) is 5.92 Å². The number of methoxy groups -OCH3 is 1. The van der Waals surface area contributed by atoms with Crippen LogP contribution in [0.5, 0.6) is 0 Å². The number of carbonyl (C=O) groups is 1. The molecule has 170 valence electrons. The van der Waals surface area contributed by atoms with Crippen LogP contribution in [0.25, 0.3) is 0 Å². The number of hydrogen-bond acceptors (Lipinski definition) is 4. The molecule has 3 N–H and O–H groups in total. The number of halogens is 1. The second-order valence-corrected chi connectivity index (χ2v) is 7.45. The molecule has 0 radical (unpaired) electrons. The third kappa shape index (κ3) is 9.61. The molecule has 8 heteroatoms. The number of hydrogen-bond donors (Lipinski definition) is 3. The van der Waals surface area contributed by atoms with Gasteiger partial charge in [-0.15, -0.1) is 24.0 Å². The van der Waals surface area contributed by atoms with E-state index in [4.69, 9.17) is 9.73 Å². The van der Waals surface area contributed by atoms with E-state index in [0.29, 0.717) is 11.5 Å². The van der Waals surface area contributed by atoms with Gasteiger partial charge in [-0.3, -0.25) is 9.79 Å². The van der Waals surface area contributed by atoms with Gasteiger partial charge in [0.15, 0.2) is 5.96 Å². The Kier molecular flexibility index (Phi) is 13.7. The van der Waals surface area contributed by atoms with Crippen LogP contribution in [0.15, 0.2) is 29.3 Å². The third-order valence-electron chi connectivity index (χ3n) is 5.29. The zero-order valence-corrected chi connectivity index (χ0v) is 20.9. The SMILES string of the molecule is CCNC(=NCC1CCN(CCOC)CC1)NCCc1cccc(C(=O)NC)c1.I. The minimum Gasteiger partial charge on any atom is -0.383 e. The first-order chi connectivity index (χ1) is 14.2. The van der Waals surface area contributed by atoms with Crippen LogP contribution in [-0.2, 0) is 11.2 Å². The summed E-state index contributed by atoms with van der Waals surface area (Å²) in [6.07, 6.45) is 3.23. The van der Waals surface area contributed by atoms with Crippen molar-refractivity contribution in [3.63, 3.8) is 0 Å². The summed E-state index contributed by atoms with van der Waals surface area (Å²) in [7, 11) is 3.41. The van der Waals surface area contributed by atoms with Crippen LogP contribution in [0.4, 0.5) is 0 Å². The summed E-state index contributed by atoms with van der Waals surface area (Å²) in [6.45, 7) is 8.66. The van der Waals surface area contributed by atoms with Crippen molar-refractivity contribution >= 4 is 35.8 Å². The summed E-state index contributed by atoms with van der Waals surface area (Å²) < 4.78 is 5.17. The molecular formula is C22H38IN5O2. The number of ether oxygens (including phenoxy) is 1. The number of amides is 1. The maximum absolute atomic E-state index is 11.8. The quantitative estimate of drug-likeness (QED) is 0.245. The van der Waals surface area contributed by atoms with Crippen LogP contribution >= 0.6 is 24.0 Å². The van der Waals surface area contributed by atoms with E-state index >= 15 is 0 Å². The van der Waals surface area contributed by atoms with Crippen molar-refractivity contribution in [3.8, 4) is 0 Å². The standard InChI is InChI=1S/C22H37N5O2.HI/c1-4-24-22(26-17-19-9-12-27(13-10-19)14-15-29-3)25-11-8-18-6-5-7-20(16-18)21(28)23-2;/h5-7,16,19H,4,8-15,17H2,1-3H3,(H,23,28)(H2,24,25,26);1H. The van der Waals surface area contributed by atoms with Gasteiger partial charge in [-0.05, 0) is 62.9 Å². The number of rotatable bonds is 10. The average molecular weight is 531 g/mol. The Bertz CT molecular complexity index is 648. The average Bonchev–Trinajstić information content (AvgIpc) is 2.76. The normalized spacial score (nSPS) is 15.4. The van der Waals surface area contributed by atoms with Crippen LogP contribution in [0.2, 0.25) is 0 Å². The van der Waals surface area contributed by atoms with Gasteiger partial charge in [0.2, 0.25) is 0 Å². The number of aliphatic imine (C=N–C) groups is 1. The van der Waals surface area contributed by atoms with Gasteiger partial charge in [0.05, 0.1) is 6.61 Å². The molecule has 1 aromatic carbocycles. The van der Waals surface area contributed by atoms with E-state index in [2.05, 4.69) is 33.8 Å². The van der Waals surface area contributed by atoms with Crippen molar-refractivity contribution < 1.29 is 9.53 Å². The summed E-state index contributed by atoms with van der Waals surface area (Å²) in [5.41, 5.74) is 1.83. The zero-order chi connectivity index (χ0) is 20.9. The Morgan fingerprint density at radius 1 is 1.27 bits per heavy atom. The lowest BCUT2D eigenvalue weighted by molar-refractivity contribution is 0.0963. The highest BCUT2D eigenvalue weighted by molar-refractivity contribution is 14.0. The lowest BCUT2D eigenvalue weighted by Crippen LogP contribution is -2.40. The predicted octanol–water partition coefficient (Wildman–Crippen LogP) is 2.12. The van der Waals surface area contributed by atoms with Gasteiger partial charge in [0.25, 0.3) is 5.91 Å². The third-order valence-corrected chi connectivity index (χ3v) is 5.29. The van der Waals surface area contributed by atoms with Crippen LogP contribution in [0.3, 0.4) is 0 Å². The Balaban J connectivity index is 0.00000450. The molecule has 0 bridgehead atoms. The van der Waals surface area contributed by atoms with E-state index in [1.807, 2.05) is 18.2 Å². The highest BCUT2D eigenvalue weighted by Crippen LogP contribution is 2.17. The molecule has 0 aromatic heterocycles. The highest BCUT2D eigenvalue weighted by Gasteiger charge is 2.18. The molecule has 1 fully saturated rings. The molecule has 0 unspecified atom stereocenters. The summed E-state index contributed by atoms with van der Waals surface area (Å²) in [4.78, 5) is 19.0. The molecule has 1 aliphatic rings. The van der Waals surface area contributed by atoms with Gasteiger partial charge in [0.1, 0.15) is 0 Å². The molecule has 1 heterocycles. The molecule has 7 nitrogen and oxygen atoms in total. The van der Waals surface area contributed by atoms with Crippen molar-refractivity contribution in [1.29, 1.82) is 0 Å². The molecule has 0 spiro atoms. The number of carbonyl (C=O) groups excluding carboxylic acids is 1. The number of guanidine groups is 1. The zero-order valence-electron chi connectivity index (χ0n) is 18.6. The number of nitrogens with zero attached hydrogens (tertiary/aromatic N) is 2. The molecule has 1 aliphatic heterocycles. The van der Waals surface area contributed by atoms with Gasteiger partial charge in [-0.1, -0.05) is 12.1 Å². The van der Waals surface area contributed by atoms with E-state index < -0.39 is 0 Å². The van der Waals surface area contributed by atoms with Gasteiger partial charge in [0, 0.05) is 45.9 Å². The molecule has 1 saturated heterocycles. The number of benzene rings is 1. The van der Waals surface area contributed by atoms with Crippen molar-refractivity contribution in [1.82, 2.24) is 20.9 Å². The first-order valence-corrected chi connectivity index (χ1v) is 10.7. The fourth-order valence-corrected chi connectivity index (χ4v) is 3.51. The minimum atomic E-state index is -0.0528. The first-order valence-electron chi connectivity index (χ1n) is 10.7. The predicted molar refractivity (Wildman–Crippen MR) is 134 cm³/mol. The maximum Gasteiger partial charge on any atom is 0.251 e. The highest BCUT2D eigenvalue weighted by atomic mass is 127. The largest absolute Gasteiger partial charge is 0.383 e. The van der Waals surface area contributed by atoms with Gasteiger partial charge in [-0.25, -0.2) is 0 Å². The van der Waals surface area contributed by atoms with Crippen molar-refractivity contribution in [2.75, 3.05) is 60.0 Å². The lowest BCUT2D eigenvalue weighted by atomic mass is 9.97. The topological polar surface area (TPSA) is 78.0 Å². The lowest BCUT2D eigenvalue weighted by Gasteiger charge is -2.31. The first kappa shape index (κ1) is 26.6. The molecule has 0 aliphatic carbocycles. The molecule has 0 saturated carbocycles. The van der Waals surface area contributed by atoms with Crippen molar-refractivity contribution in [2.24, 2.45) is 10.9 Å². The monoisotopic (exact) mass is 531 g/mol. The Hall–Kier alpha value is -1.39. The van der Waals surface area contributed by atoms with E-state index in [1.165, 1.54) is 12.8 Å². The molecule has 1 aromatic rings. The molecule has 1 amide bonds. The van der Waals surface area contributed by atoms with Crippen molar-refractivity contribution in [3.05, 3.63) is 35.4 Å². The number of piperidine rings is 1. The Morgan fingerprint density at radius 3 is 2.70 bits per heavy atom. The fourth-order valence-electron chi connectivity index (χ4n) is 3.51. The molecule has 30 heavy (non-hydrogen) atoms. The van der Waals surface area contributed by atoms with Crippen LogP contribution < -0.4 is 16.0 Å². The van der Waals surface area contributed by atoms with Crippen molar-refractivity contribution in [2.45, 2.75) is 26.2 Å². The summed E-state index contributed by atoms with van der Waals surface area (Å²) in [6, 6.07) is 7.76. The summed E-state index contributed by atoms with van der Waals surface area (Å²) in [5.74, 6) is 1.47. The van der Waals surface area contributed by atoms with Gasteiger partial charge in [-0.2, -0.15) is 0 Å².